The van der Waals surface area contributed by atoms with Crippen molar-refractivity contribution >= 4 is 0 Å². The van der Waals surface area contributed by atoms with Crippen LogP contribution in [0, 0.1) is 0 Å². The fourth-order valence-corrected chi connectivity index (χ4v) is 1.02. The molecule has 0 amide bonds. The van der Waals surface area contributed by atoms with Crippen molar-refractivity contribution in [2.45, 2.75) is 18.9 Å². The highest BCUT2D eigenvalue weighted by Crippen LogP contribution is 2.16. The highest BCUT2D eigenvalue weighted by Gasteiger charge is 2.08. The number of hydrogen-bond acceptors (Lipinski definition) is 1. The Hall–Kier alpha value is -0.820. The standard InChI is InChI=1S/C9H12O/c1-2-5-9(10)8-6-3-4-7-8/h2-4,6,9-10H,1,5,7H2. The maximum Gasteiger partial charge on any atom is 0.0790 e. The third-order valence-electron chi connectivity index (χ3n) is 1.62. The van der Waals surface area contributed by atoms with E-state index in [1.54, 1.807) is 6.08 Å². The molecule has 10 heavy (non-hydrogen) atoms. The Balaban J connectivity index is 2.42. The van der Waals surface area contributed by atoms with Crippen LogP contribution in [0.1, 0.15) is 12.8 Å². The van der Waals surface area contributed by atoms with E-state index in [0.29, 0.717) is 6.42 Å². The quantitative estimate of drug-likeness (QED) is 0.587. The minimum atomic E-state index is -0.313. The Labute approximate surface area is 61.4 Å². The molecule has 0 aromatic heterocycles. The summed E-state index contributed by atoms with van der Waals surface area (Å²) in [5.74, 6) is 0. The molecular weight excluding hydrogens is 124 g/mol. The molecule has 1 unspecified atom stereocenters. The molecule has 0 fully saturated rings. The zero-order valence-electron chi connectivity index (χ0n) is 5.96. The Morgan fingerprint density at radius 3 is 3.10 bits per heavy atom. The van der Waals surface area contributed by atoms with Crippen molar-refractivity contribution in [3.63, 3.8) is 0 Å². The van der Waals surface area contributed by atoms with Gasteiger partial charge in [0.15, 0.2) is 0 Å². The van der Waals surface area contributed by atoms with Crippen molar-refractivity contribution in [3.05, 3.63) is 36.5 Å². The summed E-state index contributed by atoms with van der Waals surface area (Å²) in [6.07, 6.45) is 8.97. The van der Waals surface area contributed by atoms with E-state index in [9.17, 15) is 5.11 Å². The normalized spacial score (nSPS) is 18.7. The lowest BCUT2D eigenvalue weighted by Gasteiger charge is -2.07. The Kier molecular flexibility index (Phi) is 2.46. The summed E-state index contributed by atoms with van der Waals surface area (Å²) in [5, 5.41) is 9.37. The molecule has 0 bridgehead atoms. The van der Waals surface area contributed by atoms with Crippen molar-refractivity contribution in [3.8, 4) is 0 Å². The second-order valence-electron chi connectivity index (χ2n) is 2.41. The van der Waals surface area contributed by atoms with Gasteiger partial charge in [0, 0.05) is 0 Å². The van der Waals surface area contributed by atoms with Crippen LogP contribution in [0.3, 0.4) is 0 Å². The smallest absolute Gasteiger partial charge is 0.0790 e. The average molecular weight is 136 g/mol. The number of aliphatic hydroxyl groups is 1. The van der Waals surface area contributed by atoms with E-state index >= 15 is 0 Å². The molecule has 0 aromatic carbocycles. The zero-order chi connectivity index (χ0) is 7.40. The Morgan fingerprint density at radius 2 is 2.60 bits per heavy atom. The first kappa shape index (κ1) is 7.29. The van der Waals surface area contributed by atoms with Gasteiger partial charge in [-0.3, -0.25) is 0 Å². The van der Waals surface area contributed by atoms with E-state index in [-0.39, 0.29) is 6.10 Å². The Morgan fingerprint density at radius 1 is 1.80 bits per heavy atom. The van der Waals surface area contributed by atoms with Gasteiger partial charge in [0.05, 0.1) is 6.10 Å². The van der Waals surface area contributed by atoms with Gasteiger partial charge < -0.3 is 5.11 Å². The molecule has 1 nitrogen and oxygen atoms in total. The molecule has 1 heteroatoms. The summed E-state index contributed by atoms with van der Waals surface area (Å²) in [7, 11) is 0. The van der Waals surface area contributed by atoms with Gasteiger partial charge in [-0.05, 0) is 18.4 Å². The molecule has 0 aromatic rings. The molecule has 0 radical (unpaired) electrons. The van der Waals surface area contributed by atoms with E-state index in [1.165, 1.54) is 0 Å². The molecule has 1 rings (SSSR count). The van der Waals surface area contributed by atoms with E-state index in [4.69, 9.17) is 0 Å². The van der Waals surface area contributed by atoms with Crippen molar-refractivity contribution in [2.75, 3.05) is 0 Å². The van der Waals surface area contributed by atoms with Crippen molar-refractivity contribution in [1.82, 2.24) is 0 Å². The van der Waals surface area contributed by atoms with Gasteiger partial charge >= 0.3 is 0 Å². The molecule has 1 N–H and O–H groups in total. The van der Waals surface area contributed by atoms with Crippen molar-refractivity contribution in [2.24, 2.45) is 0 Å². The predicted octanol–water partition coefficient (Wildman–Crippen LogP) is 1.81. The Bertz CT molecular complexity index is 177. The third kappa shape index (κ3) is 1.58. The molecule has 1 aliphatic carbocycles. The summed E-state index contributed by atoms with van der Waals surface area (Å²) in [6, 6.07) is 0. The summed E-state index contributed by atoms with van der Waals surface area (Å²) >= 11 is 0. The van der Waals surface area contributed by atoms with E-state index in [1.807, 2.05) is 18.2 Å². The van der Waals surface area contributed by atoms with Crippen LogP contribution in [0.5, 0.6) is 0 Å². The largest absolute Gasteiger partial charge is 0.388 e. The first-order valence-corrected chi connectivity index (χ1v) is 3.49. The van der Waals surface area contributed by atoms with Gasteiger partial charge in [0.25, 0.3) is 0 Å². The van der Waals surface area contributed by atoms with E-state index in [2.05, 4.69) is 6.58 Å². The van der Waals surface area contributed by atoms with Crippen LogP contribution < -0.4 is 0 Å². The van der Waals surface area contributed by atoms with Crippen molar-refractivity contribution < 1.29 is 5.11 Å². The highest BCUT2D eigenvalue weighted by atomic mass is 16.3. The van der Waals surface area contributed by atoms with Gasteiger partial charge in [-0.2, -0.15) is 0 Å². The molecule has 1 atom stereocenters. The highest BCUT2D eigenvalue weighted by molar-refractivity contribution is 5.26. The zero-order valence-corrected chi connectivity index (χ0v) is 5.96. The lowest BCUT2D eigenvalue weighted by Crippen LogP contribution is -2.06. The number of rotatable bonds is 3. The van der Waals surface area contributed by atoms with E-state index in [0.717, 1.165) is 12.0 Å². The van der Waals surface area contributed by atoms with Crippen LogP contribution in [0.25, 0.3) is 0 Å². The second kappa shape index (κ2) is 3.37. The minimum Gasteiger partial charge on any atom is -0.388 e. The van der Waals surface area contributed by atoms with Crippen LogP contribution in [0.15, 0.2) is 36.5 Å². The summed E-state index contributed by atoms with van der Waals surface area (Å²) in [5.41, 5.74) is 1.10. The summed E-state index contributed by atoms with van der Waals surface area (Å²) in [4.78, 5) is 0. The van der Waals surface area contributed by atoms with Gasteiger partial charge in [0.1, 0.15) is 0 Å². The maximum absolute atomic E-state index is 9.37. The van der Waals surface area contributed by atoms with Crippen LogP contribution in [0.2, 0.25) is 0 Å². The average Bonchev–Trinajstić information content (AvgIpc) is 2.38. The molecule has 0 heterocycles. The van der Waals surface area contributed by atoms with Crippen LogP contribution in [-0.4, -0.2) is 11.2 Å². The maximum atomic E-state index is 9.37. The van der Waals surface area contributed by atoms with Gasteiger partial charge in [-0.1, -0.05) is 24.3 Å². The molecule has 0 spiro atoms. The first-order valence-electron chi connectivity index (χ1n) is 3.49. The predicted molar refractivity (Wildman–Crippen MR) is 42.7 cm³/mol. The fourth-order valence-electron chi connectivity index (χ4n) is 1.02. The first-order chi connectivity index (χ1) is 4.84. The molecule has 54 valence electrons. The van der Waals surface area contributed by atoms with Crippen LogP contribution >= 0.6 is 0 Å². The van der Waals surface area contributed by atoms with Gasteiger partial charge in [0.2, 0.25) is 0 Å². The lowest BCUT2D eigenvalue weighted by molar-refractivity contribution is 0.212. The second-order valence-corrected chi connectivity index (χ2v) is 2.41. The topological polar surface area (TPSA) is 20.2 Å². The molecular formula is C9H12O. The number of hydrogen-bond donors (Lipinski definition) is 1. The third-order valence-corrected chi connectivity index (χ3v) is 1.62. The lowest BCUT2D eigenvalue weighted by atomic mass is 10.1. The van der Waals surface area contributed by atoms with Gasteiger partial charge in [-0.15, -0.1) is 6.58 Å². The van der Waals surface area contributed by atoms with Crippen molar-refractivity contribution in [1.29, 1.82) is 0 Å². The van der Waals surface area contributed by atoms with E-state index < -0.39 is 0 Å². The molecule has 0 saturated heterocycles. The number of allylic oxidation sites excluding steroid dienone is 3. The SMILES string of the molecule is C=CCC(O)C1=CC=CC1. The number of aliphatic hydroxyl groups excluding tert-OH is 1. The minimum absolute atomic E-state index is 0.313. The van der Waals surface area contributed by atoms with Gasteiger partial charge in [-0.25, -0.2) is 0 Å². The summed E-state index contributed by atoms with van der Waals surface area (Å²) in [6.45, 7) is 3.56. The molecule has 0 saturated carbocycles. The monoisotopic (exact) mass is 136 g/mol. The van der Waals surface area contributed by atoms with Crippen LogP contribution in [-0.2, 0) is 0 Å². The fraction of sp³-hybridized carbons (Fsp3) is 0.333. The van der Waals surface area contributed by atoms with Crippen LogP contribution in [0.4, 0.5) is 0 Å². The molecule has 1 aliphatic rings. The molecule has 0 aliphatic heterocycles. The summed E-state index contributed by atoms with van der Waals surface area (Å²) < 4.78 is 0.